The Morgan fingerprint density at radius 2 is 1.82 bits per heavy atom. The van der Waals surface area contributed by atoms with Crippen LogP contribution in [-0.4, -0.2) is 58.2 Å². The molecule has 1 aliphatic heterocycles. The lowest BCUT2D eigenvalue weighted by Gasteiger charge is -2.43. The number of nitrogens with zero attached hydrogens (tertiary/aromatic N) is 2. The van der Waals surface area contributed by atoms with Gasteiger partial charge in [-0.05, 0) is 50.8 Å². The average Bonchev–Trinajstić information content (AvgIpc) is 2.61. The summed E-state index contributed by atoms with van der Waals surface area (Å²) in [6.45, 7) is 3.16. The monoisotopic (exact) mass is 467 g/mol. The molecule has 1 fully saturated rings. The fraction of sp³-hybridized carbons (Fsp3) is 0.429. The Bertz CT molecular complexity index is 931. The molecule has 2 aromatic rings. The molecule has 3 unspecified atom stereocenters. The van der Waals surface area contributed by atoms with Gasteiger partial charge in [0, 0.05) is 16.9 Å². The molecule has 0 radical (unpaired) electrons. The van der Waals surface area contributed by atoms with E-state index in [2.05, 4.69) is 47.1 Å². The third-order valence-electron chi connectivity index (χ3n) is 5.47. The second-order valence-corrected chi connectivity index (χ2v) is 10.5. The largest absolute Gasteiger partial charge is 0.342 e. The molecule has 1 saturated heterocycles. The Labute approximate surface area is 176 Å². The Morgan fingerprint density at radius 3 is 2.43 bits per heavy atom. The topological polar surface area (TPSA) is 46.6 Å². The first-order valence-corrected chi connectivity index (χ1v) is 11.6. The van der Waals surface area contributed by atoms with E-state index < -0.39 is 10.1 Å². The molecule has 1 heterocycles. The number of aryl methyl sites for hydroxylation is 1. The van der Waals surface area contributed by atoms with Gasteiger partial charge in [0.2, 0.25) is 0 Å². The molecular formula is C21H28BrN2O3S+. The van der Waals surface area contributed by atoms with Crippen LogP contribution in [0.25, 0.3) is 0 Å². The van der Waals surface area contributed by atoms with Crippen LogP contribution >= 0.6 is 15.9 Å². The first-order valence-electron chi connectivity index (χ1n) is 9.39. The summed E-state index contributed by atoms with van der Waals surface area (Å²) >= 11 is 3.55. The maximum Gasteiger partial charge on any atom is 0.342 e. The summed E-state index contributed by atoms with van der Waals surface area (Å²) in [5.41, 5.74) is 2.20. The minimum Gasteiger partial charge on any atom is -0.305 e. The van der Waals surface area contributed by atoms with Crippen molar-refractivity contribution in [2.24, 2.45) is 0 Å². The van der Waals surface area contributed by atoms with Gasteiger partial charge in [0.1, 0.15) is 20.1 Å². The zero-order valence-corrected chi connectivity index (χ0v) is 19.2. The van der Waals surface area contributed by atoms with Crippen molar-refractivity contribution in [2.45, 2.75) is 30.2 Å². The summed E-state index contributed by atoms with van der Waals surface area (Å²) in [5, 5.41) is 0. The molecule has 0 aromatic heterocycles. The smallest absolute Gasteiger partial charge is 0.305 e. The van der Waals surface area contributed by atoms with E-state index in [1.807, 2.05) is 26.1 Å². The number of quaternary nitrogens is 1. The van der Waals surface area contributed by atoms with E-state index >= 15 is 0 Å². The normalized spacial score (nSPS) is 25.8. The van der Waals surface area contributed by atoms with Gasteiger partial charge in [0.05, 0.1) is 10.8 Å². The zero-order chi connectivity index (χ0) is 20.5. The molecule has 1 aliphatic rings. The van der Waals surface area contributed by atoms with Gasteiger partial charge in [0.25, 0.3) is 0 Å². The van der Waals surface area contributed by atoms with Crippen LogP contribution in [0.5, 0.6) is 0 Å². The molecule has 0 N–H and O–H groups in total. The molecule has 0 saturated carbocycles. The summed E-state index contributed by atoms with van der Waals surface area (Å²) in [6, 6.07) is 15.4. The predicted octanol–water partition coefficient (Wildman–Crippen LogP) is 3.94. The fourth-order valence-corrected chi connectivity index (χ4v) is 5.55. The first-order chi connectivity index (χ1) is 13.1. The molecule has 0 amide bonds. The fourth-order valence-electron chi connectivity index (χ4n) is 3.97. The van der Waals surface area contributed by atoms with Crippen LogP contribution in [0.15, 0.2) is 57.9 Å². The van der Waals surface area contributed by atoms with Crippen molar-refractivity contribution in [1.29, 1.82) is 0 Å². The van der Waals surface area contributed by atoms with Gasteiger partial charge < -0.3 is 4.90 Å². The van der Waals surface area contributed by atoms with Crippen LogP contribution in [-0.2, 0) is 14.4 Å². The number of hydrogen-bond donors (Lipinski definition) is 0. The Hall–Kier alpha value is -1.25. The minimum atomic E-state index is -3.84. The van der Waals surface area contributed by atoms with Crippen LogP contribution in [0.4, 0.5) is 0 Å². The third-order valence-corrected chi connectivity index (χ3v) is 7.37. The molecule has 3 rings (SSSR count). The number of halogens is 1. The number of likely N-dealkylation sites (tertiary alicyclic amines) is 1. The molecule has 0 bridgehead atoms. The Kier molecular flexibility index (Phi) is 6.32. The number of rotatable bonds is 5. The van der Waals surface area contributed by atoms with Gasteiger partial charge in [-0.2, -0.15) is 13.1 Å². The lowest BCUT2D eigenvalue weighted by molar-refractivity contribution is -1.07. The summed E-state index contributed by atoms with van der Waals surface area (Å²) in [6.07, 6.45) is 0.851. The second-order valence-electron chi connectivity index (χ2n) is 8.03. The number of hydrogen-bond acceptors (Lipinski definition) is 4. The summed E-state index contributed by atoms with van der Waals surface area (Å²) < 4.78 is 32.6. The Balaban J connectivity index is 1.88. The summed E-state index contributed by atoms with van der Waals surface area (Å²) in [5.74, 6) is 0.166. The molecular weight excluding hydrogens is 440 g/mol. The van der Waals surface area contributed by atoms with E-state index in [1.165, 1.54) is 5.56 Å². The predicted molar refractivity (Wildman–Crippen MR) is 114 cm³/mol. The van der Waals surface area contributed by atoms with E-state index in [9.17, 15) is 8.42 Å². The maximum absolute atomic E-state index is 12.9. The first kappa shape index (κ1) is 21.5. The van der Waals surface area contributed by atoms with Gasteiger partial charge >= 0.3 is 10.1 Å². The van der Waals surface area contributed by atoms with E-state index in [0.29, 0.717) is 19.1 Å². The average molecular weight is 468 g/mol. The van der Waals surface area contributed by atoms with Crippen LogP contribution in [0.3, 0.4) is 0 Å². The van der Waals surface area contributed by atoms with E-state index in [4.69, 9.17) is 4.28 Å². The number of benzene rings is 2. The van der Waals surface area contributed by atoms with Crippen molar-refractivity contribution < 1.29 is 17.3 Å². The van der Waals surface area contributed by atoms with Gasteiger partial charge in [-0.25, -0.2) is 0 Å². The lowest BCUT2D eigenvalue weighted by atomic mass is 9.85. The van der Waals surface area contributed by atoms with E-state index in [1.54, 1.807) is 24.3 Å². The lowest BCUT2D eigenvalue weighted by Crippen LogP contribution is -2.57. The van der Waals surface area contributed by atoms with Gasteiger partial charge in [0.15, 0.2) is 0 Å². The number of hydroxylamine groups is 3. The number of piperidine rings is 1. The highest BCUT2D eigenvalue weighted by molar-refractivity contribution is 9.10. The van der Waals surface area contributed by atoms with Crippen molar-refractivity contribution >= 4 is 26.0 Å². The van der Waals surface area contributed by atoms with Crippen molar-refractivity contribution in [1.82, 2.24) is 4.90 Å². The van der Waals surface area contributed by atoms with Crippen LogP contribution in [0, 0.1) is 6.92 Å². The molecule has 7 heteroatoms. The van der Waals surface area contributed by atoms with E-state index in [0.717, 1.165) is 16.5 Å². The van der Waals surface area contributed by atoms with Crippen LogP contribution in [0.1, 0.15) is 23.5 Å². The Morgan fingerprint density at radius 1 is 1.14 bits per heavy atom. The molecule has 3 atom stereocenters. The molecule has 0 aliphatic carbocycles. The van der Waals surface area contributed by atoms with Gasteiger partial charge in [-0.15, -0.1) is 0 Å². The van der Waals surface area contributed by atoms with Crippen molar-refractivity contribution in [2.75, 3.05) is 34.2 Å². The highest BCUT2D eigenvalue weighted by Crippen LogP contribution is 2.35. The molecule has 0 spiro atoms. The standard InChI is InChI=1S/C21H28BrN2O3S/c1-16-8-10-19(11-9-16)28(25,26)27-24(4)13-12-21(23(2)3)20(15-24)17-6-5-7-18(22)14-17/h5-11,14,20-21H,12-13,15H2,1-4H3/q+1. The summed E-state index contributed by atoms with van der Waals surface area (Å²) in [4.78, 5) is 2.43. The van der Waals surface area contributed by atoms with E-state index in [-0.39, 0.29) is 15.5 Å². The maximum atomic E-state index is 12.9. The van der Waals surface area contributed by atoms with Crippen LogP contribution < -0.4 is 0 Å². The minimum absolute atomic E-state index is 0.0394. The van der Waals surface area contributed by atoms with Crippen LogP contribution in [0.2, 0.25) is 0 Å². The molecule has 28 heavy (non-hydrogen) atoms. The zero-order valence-electron chi connectivity index (χ0n) is 16.8. The van der Waals surface area contributed by atoms with Gasteiger partial charge in [-0.3, -0.25) is 0 Å². The van der Waals surface area contributed by atoms with Crippen molar-refractivity contribution in [3.8, 4) is 0 Å². The van der Waals surface area contributed by atoms with Crippen molar-refractivity contribution in [3.05, 3.63) is 64.1 Å². The number of likely N-dealkylation sites (N-methyl/N-ethyl adjacent to an activating group) is 2. The van der Waals surface area contributed by atoms with Gasteiger partial charge in [-0.1, -0.05) is 50.0 Å². The molecule has 5 nitrogen and oxygen atoms in total. The molecule has 2 aromatic carbocycles. The summed E-state index contributed by atoms with van der Waals surface area (Å²) in [7, 11) is 2.18. The SMILES string of the molecule is Cc1ccc(S(=O)(=O)O[N+]2(C)CCC(N(C)C)C(c3cccc(Br)c3)C2)cc1. The third kappa shape index (κ3) is 4.83. The van der Waals surface area contributed by atoms with Crippen molar-refractivity contribution in [3.63, 3.8) is 0 Å². The quantitative estimate of drug-likeness (QED) is 0.624. The molecule has 152 valence electrons. The highest BCUT2D eigenvalue weighted by Gasteiger charge is 2.44. The highest BCUT2D eigenvalue weighted by atomic mass is 79.9. The second kappa shape index (κ2) is 8.24.